The summed E-state index contributed by atoms with van der Waals surface area (Å²) in [6, 6.07) is 57.4. The highest BCUT2D eigenvalue weighted by Crippen LogP contribution is 2.40. The second kappa shape index (κ2) is 29.9. The summed E-state index contributed by atoms with van der Waals surface area (Å²) in [6.07, 6.45) is 20.6. The average Bonchev–Trinajstić information content (AvgIpc) is 4.14. The van der Waals surface area contributed by atoms with Gasteiger partial charge in [0.1, 0.15) is 0 Å². The third-order valence-corrected chi connectivity index (χ3v) is 13.1. The second-order valence-corrected chi connectivity index (χ2v) is 17.2. The lowest BCUT2D eigenvalue weighted by molar-refractivity contribution is 0.824. The number of aromatic nitrogens is 3. The first-order valence-electron chi connectivity index (χ1n) is 28.0. The molecule has 3 heterocycles. The fourth-order valence-corrected chi connectivity index (χ4v) is 10.0. The van der Waals surface area contributed by atoms with Crippen LogP contribution in [0.1, 0.15) is 124 Å². The Kier molecular flexibility index (Phi) is 23.2. The Morgan fingerprint density at radius 3 is 1.63 bits per heavy atom. The van der Waals surface area contributed by atoms with E-state index < -0.39 is 0 Å². The molecule has 76 heavy (non-hydrogen) atoms. The van der Waals surface area contributed by atoms with E-state index in [4.69, 9.17) is 11.5 Å². The van der Waals surface area contributed by atoms with Crippen LogP contribution in [0.5, 0.6) is 0 Å². The molecule has 5 nitrogen and oxygen atoms in total. The van der Waals surface area contributed by atoms with Crippen molar-refractivity contribution in [3.05, 3.63) is 229 Å². The molecule has 0 aliphatic heterocycles. The first kappa shape index (κ1) is 59.0. The summed E-state index contributed by atoms with van der Waals surface area (Å²) in [4.78, 5) is 0. The van der Waals surface area contributed by atoms with Crippen LogP contribution in [0.4, 0.5) is 0 Å². The highest BCUT2D eigenvalue weighted by molar-refractivity contribution is 6.13. The average molecular weight is 1010 g/mol. The van der Waals surface area contributed by atoms with Crippen LogP contribution in [-0.2, 0) is 13.5 Å². The summed E-state index contributed by atoms with van der Waals surface area (Å²) in [5.74, 6) is 0. The van der Waals surface area contributed by atoms with E-state index in [1.807, 2.05) is 88.3 Å². The van der Waals surface area contributed by atoms with Crippen molar-refractivity contribution in [3.8, 4) is 22.5 Å². The zero-order valence-electron chi connectivity index (χ0n) is 47.7. The number of aryl methyl sites for hydroxylation is 1. The van der Waals surface area contributed by atoms with Gasteiger partial charge in [-0.3, -0.25) is 0 Å². The van der Waals surface area contributed by atoms with Gasteiger partial charge in [-0.1, -0.05) is 191 Å². The SMILES string of the molecule is C=CC.CC.CC.CC.CC.CC.Cn1c2c(c3cc(-c4ccc5c(c4)c4cc(-n6c7ccccc7c7ccccc76)ccc4n5-c4ccccc4)ccc31)C=CCC2.N/C=C\C(N)c1cccc(C2=CC=CCC2)c1. The number of hydrogen-bond donors (Lipinski definition) is 2. The number of hydrogen-bond acceptors (Lipinski definition) is 2. The summed E-state index contributed by atoms with van der Waals surface area (Å²) in [7, 11) is 2.21. The van der Waals surface area contributed by atoms with Crippen LogP contribution in [0, 0.1) is 0 Å². The molecular formula is C71H85N5. The number of allylic oxidation sites excluding steroid dienone is 6. The molecule has 10 aromatic rings. The van der Waals surface area contributed by atoms with Crippen LogP contribution in [-0.4, -0.2) is 13.7 Å². The monoisotopic (exact) mass is 1010 g/mol. The van der Waals surface area contributed by atoms with E-state index in [0.29, 0.717) is 0 Å². The summed E-state index contributed by atoms with van der Waals surface area (Å²) in [5.41, 5.74) is 28.9. The summed E-state index contributed by atoms with van der Waals surface area (Å²) < 4.78 is 7.20. The maximum atomic E-state index is 6.00. The normalized spacial score (nSPS) is 12.3. The number of nitrogens with two attached hydrogens (primary N) is 2. The van der Waals surface area contributed by atoms with Gasteiger partial charge in [-0.05, 0) is 146 Å². The summed E-state index contributed by atoms with van der Waals surface area (Å²) in [5, 5.41) is 6.41. The molecule has 0 amide bonds. The smallest absolute Gasteiger partial charge is 0.0542 e. The number of rotatable bonds is 6. The van der Waals surface area contributed by atoms with E-state index in [1.54, 1.807) is 12.2 Å². The molecule has 0 fully saturated rings. The van der Waals surface area contributed by atoms with Gasteiger partial charge >= 0.3 is 0 Å². The first-order valence-corrected chi connectivity index (χ1v) is 28.0. The van der Waals surface area contributed by atoms with Crippen LogP contribution in [0.2, 0.25) is 0 Å². The zero-order chi connectivity index (χ0) is 55.1. The minimum absolute atomic E-state index is 0.125. The van der Waals surface area contributed by atoms with E-state index >= 15 is 0 Å². The van der Waals surface area contributed by atoms with Crippen molar-refractivity contribution in [3.63, 3.8) is 0 Å². The number of para-hydroxylation sites is 3. The van der Waals surface area contributed by atoms with E-state index in [0.717, 1.165) is 31.2 Å². The molecule has 0 saturated heterocycles. The van der Waals surface area contributed by atoms with E-state index in [1.165, 1.54) is 106 Å². The van der Waals surface area contributed by atoms with Gasteiger partial charge in [-0.15, -0.1) is 6.58 Å². The number of fused-ring (bicyclic) bond motifs is 9. The van der Waals surface area contributed by atoms with Crippen LogP contribution >= 0.6 is 0 Å². The number of benzene rings is 7. The largest absolute Gasteiger partial charge is 0.405 e. The highest BCUT2D eigenvalue weighted by Gasteiger charge is 2.19. The van der Waals surface area contributed by atoms with E-state index in [2.05, 4.69) is 203 Å². The van der Waals surface area contributed by atoms with Crippen molar-refractivity contribution in [2.45, 2.75) is 108 Å². The Labute approximate surface area is 455 Å². The molecule has 2 aliphatic rings. The van der Waals surface area contributed by atoms with Gasteiger partial charge in [0, 0.05) is 68.2 Å². The fraction of sp³-hybridized carbons (Fsp3) is 0.239. The lowest BCUT2D eigenvalue weighted by atomic mass is 9.94. The third-order valence-electron chi connectivity index (χ3n) is 13.1. The lowest BCUT2D eigenvalue weighted by Crippen LogP contribution is -2.08. The van der Waals surface area contributed by atoms with Crippen molar-refractivity contribution < 1.29 is 0 Å². The van der Waals surface area contributed by atoms with E-state index in [9.17, 15) is 0 Å². The molecule has 5 heteroatoms. The van der Waals surface area contributed by atoms with Crippen molar-refractivity contribution in [1.29, 1.82) is 0 Å². The molecule has 0 saturated carbocycles. The van der Waals surface area contributed by atoms with Crippen LogP contribution in [0.3, 0.4) is 0 Å². The van der Waals surface area contributed by atoms with E-state index in [-0.39, 0.29) is 6.04 Å². The highest BCUT2D eigenvalue weighted by atomic mass is 15.0. The Morgan fingerprint density at radius 1 is 0.500 bits per heavy atom. The molecule has 3 aromatic heterocycles. The molecular weight excluding hydrogens is 923 g/mol. The molecule has 7 aromatic carbocycles. The number of nitrogens with zero attached hydrogens (tertiary/aromatic N) is 3. The second-order valence-electron chi connectivity index (χ2n) is 17.2. The van der Waals surface area contributed by atoms with Gasteiger partial charge in [0.2, 0.25) is 0 Å². The summed E-state index contributed by atoms with van der Waals surface area (Å²) >= 11 is 0. The van der Waals surface area contributed by atoms with Crippen molar-refractivity contribution in [1.82, 2.24) is 13.7 Å². The van der Waals surface area contributed by atoms with Gasteiger partial charge in [-0.25, -0.2) is 0 Å². The fourth-order valence-electron chi connectivity index (χ4n) is 10.0. The molecule has 0 spiro atoms. The minimum Gasteiger partial charge on any atom is -0.405 e. The predicted molar refractivity (Wildman–Crippen MR) is 340 cm³/mol. The lowest BCUT2D eigenvalue weighted by Gasteiger charge is -2.12. The quantitative estimate of drug-likeness (QED) is 0.163. The molecule has 2 aliphatic carbocycles. The maximum absolute atomic E-state index is 6.00. The van der Waals surface area contributed by atoms with Crippen LogP contribution < -0.4 is 11.5 Å². The topological polar surface area (TPSA) is 66.8 Å². The predicted octanol–water partition coefficient (Wildman–Crippen LogP) is 20.2. The molecule has 394 valence electrons. The van der Waals surface area contributed by atoms with Crippen LogP contribution in [0.25, 0.3) is 88.7 Å². The maximum Gasteiger partial charge on any atom is 0.0542 e. The van der Waals surface area contributed by atoms with Crippen LogP contribution in [0.15, 0.2) is 207 Å². The van der Waals surface area contributed by atoms with Gasteiger partial charge in [0.05, 0.1) is 22.1 Å². The Balaban J connectivity index is 0.000000298. The van der Waals surface area contributed by atoms with Crippen molar-refractivity contribution in [2.75, 3.05) is 0 Å². The summed E-state index contributed by atoms with van der Waals surface area (Å²) in [6.45, 7) is 25.2. The first-order chi connectivity index (χ1) is 37.5. The van der Waals surface area contributed by atoms with Gasteiger partial charge in [-0.2, -0.15) is 0 Å². The Bertz CT molecular complexity index is 3500. The Morgan fingerprint density at radius 2 is 1.03 bits per heavy atom. The molecule has 0 bridgehead atoms. The molecule has 1 unspecified atom stereocenters. The standard InChI is InChI=1S/C43H31N3.C15H18N2.C3H6.5C2H6/c1-44-38-16-8-5-15-34(38)35-25-28(19-22-39(35)44)29-20-23-42-36(26-29)37-27-31(21-24-43(37)45(42)30-11-3-2-4-12-30)46-40-17-9-6-13-32(40)33-14-7-10-18-41(33)46;16-10-9-15(17)14-8-4-7-13(11-14)12-5-2-1-3-6-12;1-3-2;5*1-2/h2-7,9-15,17-27H,8,16H2,1H3;1-2,4-5,7-11,15H,3,6,16-17H2;3H,1H2,2H3;5*1-2H3/b;10-9-;;;;;;. The molecule has 4 N–H and O–H groups in total. The Hall–Kier alpha value is -7.86. The molecule has 0 radical (unpaired) electrons. The van der Waals surface area contributed by atoms with Crippen molar-refractivity contribution in [2.24, 2.45) is 18.5 Å². The minimum atomic E-state index is -0.125. The van der Waals surface area contributed by atoms with Crippen molar-refractivity contribution >= 4 is 66.2 Å². The zero-order valence-corrected chi connectivity index (χ0v) is 47.7. The molecule has 1 atom stereocenters. The van der Waals surface area contributed by atoms with Gasteiger partial charge < -0.3 is 25.2 Å². The van der Waals surface area contributed by atoms with Gasteiger partial charge in [0.15, 0.2) is 0 Å². The van der Waals surface area contributed by atoms with Gasteiger partial charge in [0.25, 0.3) is 0 Å². The third kappa shape index (κ3) is 12.6. The molecule has 12 rings (SSSR count).